The van der Waals surface area contributed by atoms with Gasteiger partial charge >= 0.3 is 0 Å². The Hall–Kier alpha value is -3.27. The zero-order chi connectivity index (χ0) is 26.1. The molecule has 1 aromatic heterocycles. The van der Waals surface area contributed by atoms with Gasteiger partial charge in [-0.1, -0.05) is 0 Å². The second kappa shape index (κ2) is 10.6. The van der Waals surface area contributed by atoms with Crippen molar-refractivity contribution in [1.82, 2.24) is 25.3 Å². The summed E-state index contributed by atoms with van der Waals surface area (Å²) in [6.07, 6.45) is 5.13. The molecule has 0 radical (unpaired) electrons. The van der Waals surface area contributed by atoms with E-state index < -0.39 is 6.43 Å². The minimum Gasteiger partial charge on any atom is -0.385 e. The van der Waals surface area contributed by atoms with Crippen LogP contribution in [0.2, 0.25) is 0 Å². The molecule has 4 N–H and O–H groups in total. The smallest absolute Gasteiger partial charge is 0.279 e. The highest BCUT2D eigenvalue weighted by Crippen LogP contribution is 2.38. The highest BCUT2D eigenvalue weighted by atomic mass is 19.3. The summed E-state index contributed by atoms with van der Waals surface area (Å²) in [5, 5.41) is 11.3. The van der Waals surface area contributed by atoms with E-state index in [2.05, 4.69) is 15.7 Å². The van der Waals surface area contributed by atoms with Gasteiger partial charge in [0, 0.05) is 56.0 Å². The van der Waals surface area contributed by atoms with Gasteiger partial charge < -0.3 is 15.5 Å². The molecule has 0 atom stereocenters. The molecule has 0 aliphatic carbocycles. The average Bonchev–Trinajstić information content (AvgIpc) is 3.34. The van der Waals surface area contributed by atoms with Crippen LogP contribution in [0, 0.1) is 0 Å². The van der Waals surface area contributed by atoms with Crippen molar-refractivity contribution in [3.8, 4) is 11.1 Å². The number of nitrogens with two attached hydrogens (primary N) is 1. The van der Waals surface area contributed by atoms with Crippen molar-refractivity contribution in [3.63, 3.8) is 0 Å². The van der Waals surface area contributed by atoms with Crippen molar-refractivity contribution in [2.45, 2.75) is 51.5 Å². The number of hydrogen-bond donors (Lipinski definition) is 3. The van der Waals surface area contributed by atoms with Gasteiger partial charge in [0.2, 0.25) is 5.91 Å². The second-order valence-corrected chi connectivity index (χ2v) is 10.2. The molecule has 8 nitrogen and oxygen atoms in total. The molecule has 37 heavy (non-hydrogen) atoms. The van der Waals surface area contributed by atoms with Crippen molar-refractivity contribution < 1.29 is 18.2 Å². The number of carbonyl (C=O) groups is 1. The van der Waals surface area contributed by atoms with Crippen LogP contribution in [0.25, 0.3) is 11.1 Å². The maximum Gasteiger partial charge on any atom is 0.279 e. The minimum atomic E-state index is -2.63. The molecule has 2 aromatic rings. The number of amidine groups is 1. The highest BCUT2D eigenvalue weighted by Gasteiger charge is 2.32. The van der Waals surface area contributed by atoms with Crippen LogP contribution in [0.15, 0.2) is 35.8 Å². The van der Waals surface area contributed by atoms with E-state index in [4.69, 9.17) is 5.73 Å². The van der Waals surface area contributed by atoms with Gasteiger partial charge in [-0.25, -0.2) is 13.4 Å². The number of carbonyl (C=O) groups excluding carboxylic acids is 1. The third-order valence-electron chi connectivity index (χ3n) is 7.73. The summed E-state index contributed by atoms with van der Waals surface area (Å²) >= 11 is 0. The summed E-state index contributed by atoms with van der Waals surface area (Å²) < 4.78 is 32.2. The lowest BCUT2D eigenvalue weighted by molar-refractivity contribution is -0.447. The molecular formula is C27H36F2N7O+. The Morgan fingerprint density at radius 2 is 2.05 bits per heavy atom. The number of piperidine rings is 1. The minimum absolute atomic E-state index is 0.00589. The van der Waals surface area contributed by atoms with Crippen LogP contribution < -0.4 is 16.4 Å². The molecule has 3 aliphatic rings. The first kappa shape index (κ1) is 25.4. The van der Waals surface area contributed by atoms with E-state index in [0.29, 0.717) is 49.1 Å². The predicted octanol–water partition coefficient (Wildman–Crippen LogP) is 2.82. The third-order valence-corrected chi connectivity index (χ3v) is 7.73. The molecule has 4 heterocycles. The van der Waals surface area contributed by atoms with Crippen molar-refractivity contribution in [2.75, 3.05) is 32.7 Å². The quantitative estimate of drug-likeness (QED) is 0.423. The van der Waals surface area contributed by atoms with Gasteiger partial charge in [-0.05, 0) is 62.0 Å². The number of halogens is 2. The lowest BCUT2D eigenvalue weighted by Gasteiger charge is -2.33. The van der Waals surface area contributed by atoms with E-state index >= 15 is 0 Å². The maximum absolute atomic E-state index is 14.3. The summed E-state index contributed by atoms with van der Waals surface area (Å²) in [6.45, 7) is 5.19. The Kier molecular flexibility index (Phi) is 7.28. The molecule has 5 rings (SSSR count). The Labute approximate surface area is 216 Å². The van der Waals surface area contributed by atoms with E-state index in [1.165, 1.54) is 0 Å². The predicted molar refractivity (Wildman–Crippen MR) is 139 cm³/mol. The van der Waals surface area contributed by atoms with E-state index in [1.807, 2.05) is 10.6 Å². The van der Waals surface area contributed by atoms with Crippen molar-refractivity contribution in [1.29, 1.82) is 0 Å². The number of nitrogens with zero attached hydrogens (tertiary/aromatic N) is 4. The van der Waals surface area contributed by atoms with Crippen LogP contribution in [0.3, 0.4) is 0 Å². The Balaban J connectivity index is 1.59. The molecule has 1 aromatic carbocycles. The molecule has 0 saturated carbocycles. The lowest BCUT2D eigenvalue weighted by Crippen LogP contribution is -2.46. The zero-order valence-electron chi connectivity index (χ0n) is 21.6. The largest absolute Gasteiger partial charge is 0.385 e. The SMILES string of the molecule is CC(=O)N1CCC(NC2CCNCC2)=C(C(N)=[N+]2CCCc3cc(-c4cnn(C)c4)c(C(F)F)cc32)C1. The number of aromatic nitrogens is 2. The monoisotopic (exact) mass is 512 g/mol. The number of benzene rings is 1. The van der Waals surface area contributed by atoms with Crippen LogP contribution in [-0.2, 0) is 18.3 Å². The molecule has 1 saturated heterocycles. The van der Waals surface area contributed by atoms with Crippen LogP contribution in [0.1, 0.15) is 50.2 Å². The van der Waals surface area contributed by atoms with Crippen LogP contribution in [-0.4, -0.2) is 69.8 Å². The van der Waals surface area contributed by atoms with Gasteiger partial charge in [0.1, 0.15) is 5.69 Å². The van der Waals surface area contributed by atoms with Crippen molar-refractivity contribution in [2.24, 2.45) is 12.8 Å². The van der Waals surface area contributed by atoms with E-state index in [0.717, 1.165) is 61.3 Å². The summed E-state index contributed by atoms with van der Waals surface area (Å²) in [7, 11) is 1.78. The number of amides is 1. The van der Waals surface area contributed by atoms with E-state index in [9.17, 15) is 13.6 Å². The molecule has 3 aliphatic heterocycles. The number of alkyl halides is 2. The van der Waals surface area contributed by atoms with Gasteiger partial charge in [0.15, 0.2) is 0 Å². The Bertz CT molecular complexity index is 1240. The van der Waals surface area contributed by atoms with Crippen molar-refractivity contribution in [3.05, 3.63) is 46.9 Å². The Morgan fingerprint density at radius 1 is 1.27 bits per heavy atom. The van der Waals surface area contributed by atoms with E-state index in [1.54, 1.807) is 42.0 Å². The fraction of sp³-hybridized carbons (Fsp3) is 0.519. The standard InChI is InChI=1S/C27H35F2N7O/c1-17(37)35-11-7-24(33-20-5-8-31-9-6-20)23(16-35)27(30)36-10-3-4-18-12-21(19-14-32-34(2)15-19)22(26(28)29)13-25(18)36/h12-15,20,26,31H,3-11,16H2,1-2H3,(H2,30,33)/p+1. The molecule has 0 spiro atoms. The summed E-state index contributed by atoms with van der Waals surface area (Å²) in [5.41, 5.74) is 11.7. The van der Waals surface area contributed by atoms with Gasteiger partial charge in [-0.3, -0.25) is 15.2 Å². The molecule has 0 unspecified atom stereocenters. The first-order valence-electron chi connectivity index (χ1n) is 13.1. The normalized spacial score (nSPS) is 20.3. The molecule has 0 bridgehead atoms. The first-order valence-corrected chi connectivity index (χ1v) is 13.1. The molecule has 198 valence electrons. The first-order chi connectivity index (χ1) is 17.8. The number of fused-ring (bicyclic) bond motifs is 1. The fourth-order valence-electron chi connectivity index (χ4n) is 5.69. The lowest BCUT2D eigenvalue weighted by atomic mass is 9.93. The van der Waals surface area contributed by atoms with Gasteiger partial charge in [-0.15, -0.1) is 0 Å². The topological polar surface area (TPSA) is 91.2 Å². The van der Waals surface area contributed by atoms with Crippen LogP contribution >= 0.6 is 0 Å². The zero-order valence-corrected chi connectivity index (χ0v) is 21.6. The van der Waals surface area contributed by atoms with Gasteiger partial charge in [0.25, 0.3) is 12.3 Å². The second-order valence-electron chi connectivity index (χ2n) is 10.2. The molecule has 1 amide bonds. The number of aryl methyl sites for hydroxylation is 2. The average molecular weight is 513 g/mol. The van der Waals surface area contributed by atoms with Gasteiger partial charge in [-0.2, -0.15) is 5.10 Å². The van der Waals surface area contributed by atoms with Crippen LogP contribution in [0.4, 0.5) is 14.5 Å². The third kappa shape index (κ3) is 5.25. The highest BCUT2D eigenvalue weighted by molar-refractivity contribution is 5.96. The van der Waals surface area contributed by atoms with Crippen LogP contribution in [0.5, 0.6) is 0 Å². The summed E-state index contributed by atoms with van der Waals surface area (Å²) in [5.74, 6) is 0.545. The summed E-state index contributed by atoms with van der Waals surface area (Å²) in [6, 6.07) is 3.82. The van der Waals surface area contributed by atoms with Crippen molar-refractivity contribution >= 4 is 17.4 Å². The molecule has 10 heteroatoms. The summed E-state index contributed by atoms with van der Waals surface area (Å²) in [4.78, 5) is 14.1. The number of rotatable bonds is 5. The maximum atomic E-state index is 14.3. The fourth-order valence-corrected chi connectivity index (χ4v) is 5.69. The van der Waals surface area contributed by atoms with E-state index in [-0.39, 0.29) is 11.5 Å². The Morgan fingerprint density at radius 3 is 2.73 bits per heavy atom. The molecular weight excluding hydrogens is 476 g/mol. The number of hydrogen-bond acceptors (Lipinski definition) is 4. The number of nitrogens with one attached hydrogen (secondary N) is 2. The molecule has 1 fully saturated rings. The van der Waals surface area contributed by atoms with Gasteiger partial charge in [0.05, 0.1) is 24.9 Å².